The third-order valence-corrected chi connectivity index (χ3v) is 5.73. The average Bonchev–Trinajstić information content (AvgIpc) is 3.37. The number of anilines is 2. The summed E-state index contributed by atoms with van der Waals surface area (Å²) in [6, 6.07) is 22.6. The number of nitrogens with zero attached hydrogens (tertiary/aromatic N) is 3. The number of aromatic nitrogens is 1. The lowest BCUT2D eigenvalue weighted by Gasteiger charge is -2.06. The Labute approximate surface area is 219 Å². The van der Waals surface area contributed by atoms with Crippen LogP contribution in [0.2, 0.25) is 0 Å². The number of nitro benzene ring substituents is 2. The first kappa shape index (κ1) is 24.8. The number of nitro groups is 2. The van der Waals surface area contributed by atoms with Gasteiger partial charge in [0.1, 0.15) is 16.6 Å². The Balaban J connectivity index is 1.32. The van der Waals surface area contributed by atoms with E-state index in [1.54, 1.807) is 48.5 Å². The largest absolute Gasteiger partial charge is 0.436 e. The molecule has 0 saturated heterocycles. The summed E-state index contributed by atoms with van der Waals surface area (Å²) in [5.41, 5.74) is 1.54. The van der Waals surface area contributed by atoms with Gasteiger partial charge < -0.3 is 15.1 Å². The molecule has 192 valence electrons. The number of carbonyl (C=O) groups is 2. The number of rotatable bonds is 7. The SMILES string of the molecule is O=C(Nc1ccc(-c2nc3cc(NC(=O)c4ccccc4[N+](=O)[O-])ccc3o2)cc1)c1ccccc1[N+](=O)[O-]. The van der Waals surface area contributed by atoms with Crippen molar-refractivity contribution in [3.05, 3.63) is 122 Å². The number of oxazole rings is 1. The van der Waals surface area contributed by atoms with Crippen molar-refractivity contribution < 1.29 is 23.9 Å². The van der Waals surface area contributed by atoms with Crippen LogP contribution in [-0.2, 0) is 0 Å². The molecule has 0 aliphatic heterocycles. The minimum atomic E-state index is -0.635. The van der Waals surface area contributed by atoms with Gasteiger partial charge in [0.15, 0.2) is 5.58 Å². The number of benzene rings is 4. The van der Waals surface area contributed by atoms with Crippen molar-refractivity contribution >= 4 is 45.7 Å². The van der Waals surface area contributed by atoms with Crippen molar-refractivity contribution in [3.8, 4) is 11.5 Å². The van der Waals surface area contributed by atoms with Gasteiger partial charge in [-0.3, -0.25) is 29.8 Å². The lowest BCUT2D eigenvalue weighted by molar-refractivity contribution is -0.385. The number of hydrogen-bond acceptors (Lipinski definition) is 8. The molecule has 5 aromatic rings. The first-order chi connectivity index (χ1) is 18.8. The van der Waals surface area contributed by atoms with Crippen molar-refractivity contribution in [2.24, 2.45) is 0 Å². The Hall–Kier alpha value is -5.91. The fraction of sp³-hybridized carbons (Fsp3) is 0. The summed E-state index contributed by atoms with van der Waals surface area (Å²) in [5.74, 6) is -0.972. The molecular weight excluding hydrogens is 506 g/mol. The predicted molar refractivity (Wildman–Crippen MR) is 142 cm³/mol. The number of para-hydroxylation sites is 2. The first-order valence-electron chi connectivity index (χ1n) is 11.4. The quantitative estimate of drug-likeness (QED) is 0.199. The summed E-state index contributed by atoms with van der Waals surface area (Å²) in [6.45, 7) is 0. The summed E-state index contributed by atoms with van der Waals surface area (Å²) in [7, 11) is 0. The molecule has 1 heterocycles. The maximum Gasteiger partial charge on any atom is 0.282 e. The molecule has 0 spiro atoms. The lowest BCUT2D eigenvalue weighted by atomic mass is 10.1. The highest BCUT2D eigenvalue weighted by molar-refractivity contribution is 6.08. The van der Waals surface area contributed by atoms with Crippen molar-refractivity contribution in [3.63, 3.8) is 0 Å². The molecule has 2 N–H and O–H groups in total. The Morgan fingerprint density at radius 2 is 1.21 bits per heavy atom. The predicted octanol–water partition coefficient (Wildman–Crippen LogP) is 5.82. The van der Waals surface area contributed by atoms with Gasteiger partial charge in [-0.05, 0) is 54.6 Å². The lowest BCUT2D eigenvalue weighted by Crippen LogP contribution is -2.13. The summed E-state index contributed by atoms with van der Waals surface area (Å²) in [6.07, 6.45) is 0. The van der Waals surface area contributed by atoms with Crippen LogP contribution in [0.1, 0.15) is 20.7 Å². The fourth-order valence-electron chi connectivity index (χ4n) is 3.87. The zero-order chi connectivity index (χ0) is 27.5. The number of nitrogens with one attached hydrogen (secondary N) is 2. The third kappa shape index (κ3) is 5.15. The second-order valence-corrected chi connectivity index (χ2v) is 8.24. The van der Waals surface area contributed by atoms with Gasteiger partial charge in [0, 0.05) is 29.1 Å². The average molecular weight is 523 g/mol. The Bertz CT molecular complexity index is 1760. The summed E-state index contributed by atoms with van der Waals surface area (Å²) in [5, 5.41) is 27.7. The zero-order valence-electron chi connectivity index (χ0n) is 19.9. The van der Waals surface area contributed by atoms with E-state index in [2.05, 4.69) is 15.6 Å². The second kappa shape index (κ2) is 10.2. The van der Waals surface area contributed by atoms with Crippen LogP contribution < -0.4 is 10.6 Å². The number of fused-ring (bicyclic) bond motifs is 1. The molecule has 0 radical (unpaired) electrons. The van der Waals surface area contributed by atoms with Gasteiger partial charge in [0.25, 0.3) is 23.2 Å². The Morgan fingerprint density at radius 1 is 0.692 bits per heavy atom. The van der Waals surface area contributed by atoms with Gasteiger partial charge in [-0.25, -0.2) is 4.98 Å². The monoisotopic (exact) mass is 523 g/mol. The van der Waals surface area contributed by atoms with Gasteiger partial charge in [0.05, 0.1) is 9.85 Å². The van der Waals surface area contributed by atoms with Crippen molar-refractivity contribution in [1.82, 2.24) is 4.98 Å². The van der Waals surface area contributed by atoms with E-state index in [0.717, 1.165) is 0 Å². The van der Waals surface area contributed by atoms with E-state index in [0.29, 0.717) is 28.0 Å². The second-order valence-electron chi connectivity index (χ2n) is 8.24. The molecule has 0 atom stereocenters. The zero-order valence-corrected chi connectivity index (χ0v) is 19.9. The molecule has 1 aromatic heterocycles. The molecule has 0 aliphatic rings. The Kier molecular flexibility index (Phi) is 6.49. The number of hydrogen-bond donors (Lipinski definition) is 2. The van der Waals surface area contributed by atoms with E-state index in [1.807, 2.05) is 0 Å². The molecule has 2 amide bonds. The standard InChI is InChI=1S/C27H17N5O7/c33-25(19-5-1-3-7-22(19)31(35)36)28-17-11-9-16(10-12-17)27-30-21-15-18(13-14-24(21)39-27)29-26(34)20-6-2-4-8-23(20)32(37)38/h1-15H,(H,28,33)(H,29,34). The normalized spacial score (nSPS) is 10.7. The molecular formula is C27H17N5O7. The molecule has 0 fully saturated rings. The van der Waals surface area contributed by atoms with Crippen molar-refractivity contribution in [1.29, 1.82) is 0 Å². The fourth-order valence-corrected chi connectivity index (χ4v) is 3.87. The summed E-state index contributed by atoms with van der Waals surface area (Å²) >= 11 is 0. The van der Waals surface area contributed by atoms with Crippen LogP contribution in [0.3, 0.4) is 0 Å². The highest BCUT2D eigenvalue weighted by atomic mass is 16.6. The van der Waals surface area contributed by atoms with E-state index >= 15 is 0 Å². The van der Waals surface area contributed by atoms with Crippen LogP contribution in [0, 0.1) is 20.2 Å². The van der Waals surface area contributed by atoms with Gasteiger partial charge in [-0.1, -0.05) is 24.3 Å². The van der Waals surface area contributed by atoms with E-state index in [-0.39, 0.29) is 28.4 Å². The van der Waals surface area contributed by atoms with E-state index < -0.39 is 21.7 Å². The van der Waals surface area contributed by atoms with E-state index in [4.69, 9.17) is 4.42 Å². The Morgan fingerprint density at radius 3 is 1.77 bits per heavy atom. The maximum absolute atomic E-state index is 12.6. The molecule has 12 heteroatoms. The maximum atomic E-state index is 12.6. The van der Waals surface area contributed by atoms with Gasteiger partial charge in [-0.2, -0.15) is 0 Å². The molecule has 5 rings (SSSR count). The van der Waals surface area contributed by atoms with Crippen LogP contribution in [0.15, 0.2) is 95.4 Å². The third-order valence-electron chi connectivity index (χ3n) is 5.73. The van der Waals surface area contributed by atoms with Crippen LogP contribution in [0.5, 0.6) is 0 Å². The smallest absolute Gasteiger partial charge is 0.282 e. The number of carbonyl (C=O) groups excluding carboxylic acids is 2. The molecule has 0 unspecified atom stereocenters. The minimum absolute atomic E-state index is 0.0599. The van der Waals surface area contributed by atoms with E-state index in [1.165, 1.54) is 42.5 Å². The summed E-state index contributed by atoms with van der Waals surface area (Å²) < 4.78 is 5.81. The van der Waals surface area contributed by atoms with Gasteiger partial charge in [0.2, 0.25) is 5.89 Å². The minimum Gasteiger partial charge on any atom is -0.436 e. The molecule has 4 aromatic carbocycles. The van der Waals surface area contributed by atoms with E-state index in [9.17, 15) is 29.8 Å². The molecule has 0 aliphatic carbocycles. The molecule has 0 bridgehead atoms. The van der Waals surface area contributed by atoms with Crippen molar-refractivity contribution in [2.45, 2.75) is 0 Å². The first-order valence-corrected chi connectivity index (χ1v) is 11.4. The van der Waals surface area contributed by atoms with Crippen LogP contribution in [-0.4, -0.2) is 26.6 Å². The van der Waals surface area contributed by atoms with Crippen LogP contribution in [0.4, 0.5) is 22.7 Å². The molecule has 39 heavy (non-hydrogen) atoms. The highest BCUT2D eigenvalue weighted by Crippen LogP contribution is 2.28. The molecule has 12 nitrogen and oxygen atoms in total. The summed E-state index contributed by atoms with van der Waals surface area (Å²) in [4.78, 5) is 50.8. The number of amides is 2. The van der Waals surface area contributed by atoms with Gasteiger partial charge in [-0.15, -0.1) is 0 Å². The molecule has 0 saturated carbocycles. The van der Waals surface area contributed by atoms with Crippen LogP contribution in [0.25, 0.3) is 22.6 Å². The topological polar surface area (TPSA) is 171 Å². The van der Waals surface area contributed by atoms with Gasteiger partial charge >= 0.3 is 0 Å². The van der Waals surface area contributed by atoms with Crippen LogP contribution >= 0.6 is 0 Å². The highest BCUT2D eigenvalue weighted by Gasteiger charge is 2.21. The van der Waals surface area contributed by atoms with Crippen molar-refractivity contribution in [2.75, 3.05) is 10.6 Å².